The Morgan fingerprint density at radius 2 is 1.60 bits per heavy atom. The third-order valence-corrected chi connectivity index (χ3v) is 11.1. The van der Waals surface area contributed by atoms with Gasteiger partial charge in [-0.25, -0.2) is 14.1 Å². The monoisotopic (exact) mass is 780 g/mol. The largest absolute Gasteiger partial charge is 0.472 e. The van der Waals surface area contributed by atoms with Crippen LogP contribution in [0.15, 0.2) is 42.7 Å². The lowest BCUT2D eigenvalue weighted by atomic mass is 9.98. The molecule has 1 unspecified atom stereocenters. The summed E-state index contributed by atoms with van der Waals surface area (Å²) in [5.41, 5.74) is 7.08. The number of nitrogen functional groups attached to an aromatic ring is 1. The van der Waals surface area contributed by atoms with Crippen molar-refractivity contribution in [3.63, 3.8) is 0 Å². The summed E-state index contributed by atoms with van der Waals surface area (Å²) in [7, 11) is -4.50. The molecule has 55 heavy (non-hydrogen) atoms. The van der Waals surface area contributed by atoms with Crippen LogP contribution < -0.4 is 5.73 Å². The van der Waals surface area contributed by atoms with Crippen LogP contribution in [0.25, 0.3) is 5.52 Å². The predicted molar refractivity (Wildman–Crippen MR) is 211 cm³/mol. The summed E-state index contributed by atoms with van der Waals surface area (Å²) < 4.78 is 43.3. The molecule has 1 aliphatic heterocycles. The molecule has 1 fully saturated rings. The lowest BCUT2D eigenvalue weighted by Gasteiger charge is -2.23. The second kappa shape index (κ2) is 24.3. The summed E-state index contributed by atoms with van der Waals surface area (Å²) in [5, 5.41) is 23.5. The van der Waals surface area contributed by atoms with Crippen molar-refractivity contribution in [2.24, 2.45) is 0 Å². The van der Waals surface area contributed by atoms with Gasteiger partial charge < -0.3 is 24.8 Å². The highest BCUT2D eigenvalue weighted by Gasteiger charge is 2.45. The van der Waals surface area contributed by atoms with E-state index in [9.17, 15) is 14.7 Å². The maximum Gasteiger partial charge on any atom is 0.472 e. The van der Waals surface area contributed by atoms with Crippen molar-refractivity contribution in [3.8, 4) is 12.1 Å². The highest BCUT2D eigenvalue weighted by Crippen LogP contribution is 2.46. The van der Waals surface area contributed by atoms with E-state index in [0.717, 1.165) is 18.4 Å². The van der Waals surface area contributed by atoms with Crippen LogP contribution >= 0.6 is 7.82 Å². The van der Waals surface area contributed by atoms with Crippen LogP contribution in [0.3, 0.4) is 0 Å². The minimum absolute atomic E-state index is 0.197. The zero-order valence-electron chi connectivity index (χ0n) is 32.6. The number of hydrogen-bond acceptors (Lipinski definition) is 11. The Labute approximate surface area is 327 Å². The van der Waals surface area contributed by atoms with Crippen molar-refractivity contribution in [3.05, 3.63) is 59.5 Å². The molecular weight excluding hydrogens is 719 g/mol. The van der Waals surface area contributed by atoms with E-state index in [4.69, 9.17) is 34.3 Å². The number of hydrogen-bond donors (Lipinski definition) is 2. The summed E-state index contributed by atoms with van der Waals surface area (Å²) in [6.45, 7) is 3.10. The number of benzene rings is 1. The first-order valence-electron chi connectivity index (χ1n) is 20.3. The molecule has 1 aromatic carbocycles. The highest BCUT2D eigenvalue weighted by molar-refractivity contribution is 7.47. The van der Waals surface area contributed by atoms with Crippen LogP contribution in [0.1, 0.15) is 139 Å². The second-order valence-electron chi connectivity index (χ2n) is 14.5. The molecule has 0 aliphatic carbocycles. The van der Waals surface area contributed by atoms with Gasteiger partial charge in [0.2, 0.25) is 0 Å². The summed E-state index contributed by atoms with van der Waals surface area (Å²) in [6.07, 6.45) is 20.9. The summed E-state index contributed by atoms with van der Waals surface area (Å²) >= 11 is 0. The van der Waals surface area contributed by atoms with E-state index in [2.05, 4.69) is 29.1 Å². The summed E-state index contributed by atoms with van der Waals surface area (Å²) in [4.78, 5) is 14.6. The molecular formula is C41H61N6O7P. The van der Waals surface area contributed by atoms with E-state index in [1.54, 1.807) is 24.3 Å². The van der Waals surface area contributed by atoms with Crippen LogP contribution in [-0.2, 0) is 40.0 Å². The van der Waals surface area contributed by atoms with Crippen molar-refractivity contribution >= 4 is 19.2 Å². The molecule has 14 heteroatoms. The van der Waals surface area contributed by atoms with Gasteiger partial charge in [0.05, 0.1) is 49.4 Å². The van der Waals surface area contributed by atoms with Gasteiger partial charge in [-0.15, -0.1) is 0 Å². The molecule has 0 saturated carbocycles. The summed E-state index contributed by atoms with van der Waals surface area (Å²) in [6, 6.07) is 14.8. The van der Waals surface area contributed by atoms with E-state index in [0.29, 0.717) is 49.3 Å². The second-order valence-corrected chi connectivity index (χ2v) is 16.0. The Kier molecular flexibility index (Phi) is 19.6. The molecule has 4 atom stereocenters. The lowest BCUT2D eigenvalue weighted by Crippen LogP contribution is -2.28. The topological polar surface area (TPSA) is 187 Å². The normalized spacial score (nSPS) is 18.6. The van der Waals surface area contributed by atoms with Gasteiger partial charge in [0, 0.05) is 13.2 Å². The summed E-state index contributed by atoms with van der Waals surface area (Å²) in [5.74, 6) is 0.275. The minimum Gasteiger partial charge on any atom is -0.382 e. The molecule has 0 spiro atoms. The minimum atomic E-state index is -4.50. The predicted octanol–water partition coefficient (Wildman–Crippen LogP) is 9.08. The van der Waals surface area contributed by atoms with Crippen molar-refractivity contribution in [2.45, 2.75) is 147 Å². The first-order chi connectivity index (χ1) is 26.8. The molecule has 3 N–H and O–H groups in total. The number of nitrogens with two attached hydrogens (primary N) is 1. The fourth-order valence-corrected chi connectivity index (χ4v) is 7.64. The zero-order chi connectivity index (χ0) is 39.2. The number of rotatable bonds is 29. The molecule has 0 bridgehead atoms. The number of aromatic nitrogens is 3. The first-order valence-corrected chi connectivity index (χ1v) is 21.8. The van der Waals surface area contributed by atoms with Gasteiger partial charge in [0.15, 0.2) is 11.4 Å². The number of unbranched alkanes of at least 4 members (excludes halogenated alkanes) is 14. The average Bonchev–Trinajstić information content (AvgIpc) is 3.84. The number of phosphoric ester groups is 1. The Morgan fingerprint density at radius 1 is 0.945 bits per heavy atom. The fourth-order valence-electron chi connectivity index (χ4n) is 6.86. The number of nitrogens with zero attached hydrogens (tertiary/aromatic N) is 5. The highest BCUT2D eigenvalue weighted by atomic mass is 31.2. The van der Waals surface area contributed by atoms with Gasteiger partial charge >= 0.3 is 7.82 Å². The van der Waals surface area contributed by atoms with Crippen LogP contribution in [0.4, 0.5) is 5.82 Å². The molecule has 3 heterocycles. The molecule has 302 valence electrons. The SMILES string of the molecule is CCCCCCCCCCCCCCCCCOCC[C@H](COP(=O)(O)OC[C@@H]1CC[C@](C#N)(c2ccc3c(N)ncnn23)O1)OCc1ccc(C#N)cc1. The van der Waals surface area contributed by atoms with Gasteiger partial charge in [-0.2, -0.15) is 15.6 Å². The van der Waals surface area contributed by atoms with Gasteiger partial charge in [-0.3, -0.25) is 9.05 Å². The molecule has 2 aromatic heterocycles. The van der Waals surface area contributed by atoms with Crippen molar-refractivity contribution in [2.75, 3.05) is 32.2 Å². The molecule has 0 amide bonds. The van der Waals surface area contributed by atoms with Crippen LogP contribution in [0.2, 0.25) is 0 Å². The van der Waals surface area contributed by atoms with Crippen molar-refractivity contribution in [1.82, 2.24) is 14.6 Å². The quantitative estimate of drug-likeness (QED) is 0.0503. The Bertz CT molecular complexity index is 1680. The van der Waals surface area contributed by atoms with E-state index < -0.39 is 25.6 Å². The molecule has 3 aromatic rings. The van der Waals surface area contributed by atoms with E-state index in [1.165, 1.54) is 94.3 Å². The van der Waals surface area contributed by atoms with Gasteiger partial charge in [-0.05, 0) is 55.5 Å². The van der Waals surface area contributed by atoms with Gasteiger partial charge in [-0.1, -0.05) is 109 Å². The van der Waals surface area contributed by atoms with Crippen LogP contribution in [0, 0.1) is 22.7 Å². The van der Waals surface area contributed by atoms with E-state index >= 15 is 0 Å². The molecule has 4 rings (SSSR count). The van der Waals surface area contributed by atoms with Gasteiger partial charge in [0.1, 0.15) is 17.9 Å². The fraction of sp³-hybridized carbons (Fsp3) is 0.659. The third kappa shape index (κ3) is 15.2. The van der Waals surface area contributed by atoms with Crippen LogP contribution in [0.5, 0.6) is 0 Å². The van der Waals surface area contributed by atoms with Crippen molar-refractivity contribution < 1.29 is 32.7 Å². The standard InChI is InChI=1S/C41H61N6O7P/c1-2-3-4-5-6-7-8-9-10-11-12-13-14-15-16-26-50-27-24-36(51-29-35-19-17-34(28-42)18-20-35)30-52-55(48,49)53-31-37-23-25-41(32-43,54-37)39-22-21-38-40(44)45-33-46-47(38)39/h17-22,33,36-37H,2-16,23-27,29-31H2,1H3,(H,48,49)(H2,44,45,46)/t36-,37+,41+/m1/s1. The van der Waals surface area contributed by atoms with Gasteiger partial charge in [0.25, 0.3) is 0 Å². The van der Waals surface area contributed by atoms with E-state index in [1.807, 2.05) is 12.1 Å². The smallest absolute Gasteiger partial charge is 0.382 e. The Hall–Kier alpha value is -3.39. The third-order valence-electron chi connectivity index (χ3n) is 10.2. The lowest BCUT2D eigenvalue weighted by molar-refractivity contribution is -0.0409. The molecule has 13 nitrogen and oxygen atoms in total. The zero-order valence-corrected chi connectivity index (χ0v) is 33.5. The maximum absolute atomic E-state index is 13.0. The first kappa shape index (κ1) is 44.3. The molecule has 1 saturated heterocycles. The van der Waals surface area contributed by atoms with Crippen LogP contribution in [-0.4, -0.2) is 58.1 Å². The Balaban J connectivity index is 1.14. The number of phosphoric acid groups is 1. The van der Waals surface area contributed by atoms with E-state index in [-0.39, 0.29) is 25.6 Å². The average molecular weight is 781 g/mol. The molecule has 1 aliphatic rings. The number of ether oxygens (including phenoxy) is 3. The number of anilines is 1. The number of nitriles is 2. The van der Waals surface area contributed by atoms with Crippen molar-refractivity contribution in [1.29, 1.82) is 10.5 Å². The number of fused-ring (bicyclic) bond motifs is 1. The maximum atomic E-state index is 13.0. The Morgan fingerprint density at radius 3 is 2.24 bits per heavy atom. The molecule has 0 radical (unpaired) electrons.